The first-order valence-corrected chi connectivity index (χ1v) is 11.8. The minimum Gasteiger partial charge on any atom is -0.495 e. The summed E-state index contributed by atoms with van der Waals surface area (Å²) in [6, 6.07) is 6.33. The summed E-state index contributed by atoms with van der Waals surface area (Å²) < 4.78 is 64.7. The van der Waals surface area contributed by atoms with Gasteiger partial charge >= 0.3 is 5.97 Å². The number of carbonyl (C=O) groups is 2. The van der Waals surface area contributed by atoms with Gasteiger partial charge in [-0.1, -0.05) is 12.8 Å². The lowest BCUT2D eigenvalue weighted by Crippen LogP contribution is -2.32. The van der Waals surface area contributed by atoms with Crippen LogP contribution in [-0.4, -0.2) is 51.4 Å². The number of sulfonamides is 1. The molecule has 0 spiro atoms. The number of methoxy groups -OCH3 is 1. The number of esters is 1. The molecular formula is C22H24F2N2O6S. The number of nitrogens with one attached hydrogen (secondary N) is 1. The summed E-state index contributed by atoms with van der Waals surface area (Å²) >= 11 is 0. The predicted octanol–water partition coefficient (Wildman–Crippen LogP) is 3.33. The predicted molar refractivity (Wildman–Crippen MR) is 115 cm³/mol. The first-order chi connectivity index (χ1) is 15.7. The van der Waals surface area contributed by atoms with Gasteiger partial charge in [0.15, 0.2) is 6.61 Å². The van der Waals surface area contributed by atoms with Crippen molar-refractivity contribution in [3.8, 4) is 5.75 Å². The Morgan fingerprint density at radius 1 is 1.03 bits per heavy atom. The molecule has 1 heterocycles. The normalized spacial score (nSPS) is 14.9. The van der Waals surface area contributed by atoms with Crippen molar-refractivity contribution in [3.63, 3.8) is 0 Å². The maximum absolute atomic E-state index is 13.6. The number of rotatable bonds is 7. The first kappa shape index (κ1) is 24.6. The van der Waals surface area contributed by atoms with Crippen molar-refractivity contribution in [2.24, 2.45) is 0 Å². The van der Waals surface area contributed by atoms with Crippen LogP contribution in [-0.2, 0) is 19.6 Å². The minimum absolute atomic E-state index is 0.0788. The number of ether oxygens (including phenoxy) is 2. The number of hydrogen-bond donors (Lipinski definition) is 1. The highest BCUT2D eigenvalue weighted by Crippen LogP contribution is 2.29. The highest BCUT2D eigenvalue weighted by Gasteiger charge is 2.29. The zero-order chi connectivity index (χ0) is 24.0. The topological polar surface area (TPSA) is 102 Å². The van der Waals surface area contributed by atoms with Crippen LogP contribution in [0.15, 0.2) is 41.3 Å². The number of anilines is 1. The molecule has 11 heteroatoms. The molecule has 2 aromatic rings. The molecular weight excluding hydrogens is 458 g/mol. The van der Waals surface area contributed by atoms with Crippen LogP contribution in [0.2, 0.25) is 0 Å². The third kappa shape index (κ3) is 6.05. The van der Waals surface area contributed by atoms with Gasteiger partial charge in [-0.15, -0.1) is 0 Å². The Bertz CT molecular complexity index is 1130. The summed E-state index contributed by atoms with van der Waals surface area (Å²) in [5.74, 6) is -3.37. The molecule has 0 atom stereocenters. The van der Waals surface area contributed by atoms with Crippen LogP contribution in [0.3, 0.4) is 0 Å². The van der Waals surface area contributed by atoms with Crippen LogP contribution < -0.4 is 10.1 Å². The van der Waals surface area contributed by atoms with E-state index in [1.165, 1.54) is 23.5 Å². The summed E-state index contributed by atoms with van der Waals surface area (Å²) in [4.78, 5) is 24.3. The van der Waals surface area contributed by atoms with Crippen LogP contribution in [0.1, 0.15) is 36.0 Å². The van der Waals surface area contributed by atoms with E-state index < -0.39 is 45.8 Å². The van der Waals surface area contributed by atoms with Gasteiger partial charge in [-0.3, -0.25) is 4.79 Å². The molecule has 1 N–H and O–H groups in total. The molecule has 0 unspecified atom stereocenters. The molecule has 1 saturated heterocycles. The maximum atomic E-state index is 13.6. The summed E-state index contributed by atoms with van der Waals surface area (Å²) in [6.07, 6.45) is 3.36. The van der Waals surface area contributed by atoms with Gasteiger partial charge in [0, 0.05) is 19.2 Å². The Morgan fingerprint density at radius 2 is 1.73 bits per heavy atom. The average Bonchev–Trinajstić information content (AvgIpc) is 3.10. The fourth-order valence-corrected chi connectivity index (χ4v) is 5.12. The van der Waals surface area contributed by atoms with Crippen LogP contribution in [0.5, 0.6) is 5.75 Å². The second kappa shape index (κ2) is 10.7. The Hall–Kier alpha value is -3.05. The van der Waals surface area contributed by atoms with E-state index in [-0.39, 0.29) is 16.2 Å². The summed E-state index contributed by atoms with van der Waals surface area (Å²) in [7, 11) is -2.60. The van der Waals surface area contributed by atoms with E-state index in [2.05, 4.69) is 5.32 Å². The fourth-order valence-electron chi connectivity index (χ4n) is 3.42. The Balaban J connectivity index is 1.73. The summed E-state index contributed by atoms with van der Waals surface area (Å²) in [6.45, 7) is -0.0387. The molecule has 2 aromatic carbocycles. The van der Waals surface area contributed by atoms with Crippen LogP contribution in [0.4, 0.5) is 14.5 Å². The van der Waals surface area contributed by atoms with E-state index >= 15 is 0 Å². The lowest BCUT2D eigenvalue weighted by molar-refractivity contribution is -0.119. The molecule has 1 aliphatic rings. The Labute approximate surface area is 190 Å². The molecule has 178 valence electrons. The molecule has 1 amide bonds. The lowest BCUT2D eigenvalue weighted by Gasteiger charge is -2.21. The standard InChI is InChI=1S/C22H24F2N2O6S/c1-31-19-9-6-15(12-20(19)33(29,30)26-10-4-2-3-5-11-26)22(28)32-14-21(27)25-18-13-16(23)7-8-17(18)24/h6-9,12-13H,2-5,10-11,14H2,1H3,(H,25,27). The van der Waals surface area contributed by atoms with E-state index in [0.29, 0.717) is 13.1 Å². The molecule has 0 saturated carbocycles. The van der Waals surface area contributed by atoms with Crippen molar-refractivity contribution < 1.29 is 36.3 Å². The van der Waals surface area contributed by atoms with E-state index in [1.807, 2.05) is 0 Å². The monoisotopic (exact) mass is 482 g/mol. The third-order valence-electron chi connectivity index (χ3n) is 5.12. The van der Waals surface area contributed by atoms with E-state index in [0.717, 1.165) is 49.9 Å². The quantitative estimate of drug-likeness (QED) is 0.608. The van der Waals surface area contributed by atoms with Crippen LogP contribution >= 0.6 is 0 Å². The average molecular weight is 483 g/mol. The molecule has 3 rings (SSSR count). The maximum Gasteiger partial charge on any atom is 0.338 e. The first-order valence-electron chi connectivity index (χ1n) is 10.3. The van der Waals surface area contributed by atoms with Crippen molar-refractivity contribution in [2.45, 2.75) is 30.6 Å². The SMILES string of the molecule is COc1ccc(C(=O)OCC(=O)Nc2cc(F)ccc2F)cc1S(=O)(=O)N1CCCCCC1. The molecule has 1 aliphatic heterocycles. The molecule has 8 nitrogen and oxygen atoms in total. The summed E-state index contributed by atoms with van der Waals surface area (Å²) in [5, 5.41) is 2.11. The number of hydrogen-bond acceptors (Lipinski definition) is 6. The number of benzene rings is 2. The van der Waals surface area contributed by atoms with Crippen molar-refractivity contribution >= 4 is 27.6 Å². The second-order valence-electron chi connectivity index (χ2n) is 7.43. The smallest absolute Gasteiger partial charge is 0.338 e. The van der Waals surface area contributed by atoms with Gasteiger partial charge in [0.05, 0.1) is 18.4 Å². The van der Waals surface area contributed by atoms with Gasteiger partial charge in [0.2, 0.25) is 10.0 Å². The third-order valence-corrected chi connectivity index (χ3v) is 7.04. The van der Waals surface area contributed by atoms with Crippen molar-refractivity contribution in [3.05, 3.63) is 53.6 Å². The van der Waals surface area contributed by atoms with E-state index in [9.17, 15) is 26.8 Å². The van der Waals surface area contributed by atoms with Crippen LogP contribution in [0, 0.1) is 11.6 Å². The zero-order valence-corrected chi connectivity index (χ0v) is 18.8. The zero-order valence-electron chi connectivity index (χ0n) is 18.0. The molecule has 33 heavy (non-hydrogen) atoms. The Kier molecular flexibility index (Phi) is 7.98. The summed E-state index contributed by atoms with van der Waals surface area (Å²) in [5.41, 5.74) is -0.500. The van der Waals surface area contributed by atoms with Gasteiger partial charge in [-0.25, -0.2) is 22.0 Å². The number of carbonyl (C=O) groups excluding carboxylic acids is 2. The largest absolute Gasteiger partial charge is 0.495 e. The van der Waals surface area contributed by atoms with Crippen molar-refractivity contribution in [2.75, 3.05) is 32.1 Å². The van der Waals surface area contributed by atoms with Gasteiger partial charge in [-0.05, 0) is 43.2 Å². The van der Waals surface area contributed by atoms with Gasteiger partial charge in [0.1, 0.15) is 22.3 Å². The molecule has 0 radical (unpaired) electrons. The van der Waals surface area contributed by atoms with Gasteiger partial charge < -0.3 is 14.8 Å². The number of amides is 1. The van der Waals surface area contributed by atoms with Gasteiger partial charge in [-0.2, -0.15) is 4.31 Å². The van der Waals surface area contributed by atoms with Crippen LogP contribution in [0.25, 0.3) is 0 Å². The fraction of sp³-hybridized carbons (Fsp3) is 0.364. The van der Waals surface area contributed by atoms with Gasteiger partial charge in [0.25, 0.3) is 5.91 Å². The molecule has 0 aliphatic carbocycles. The molecule has 0 bridgehead atoms. The number of nitrogens with zero attached hydrogens (tertiary/aromatic N) is 1. The van der Waals surface area contributed by atoms with Crippen molar-refractivity contribution in [1.29, 1.82) is 0 Å². The van der Waals surface area contributed by atoms with E-state index in [4.69, 9.17) is 9.47 Å². The highest BCUT2D eigenvalue weighted by molar-refractivity contribution is 7.89. The Morgan fingerprint density at radius 3 is 2.39 bits per heavy atom. The van der Waals surface area contributed by atoms with E-state index in [1.54, 1.807) is 0 Å². The molecule has 1 fully saturated rings. The van der Waals surface area contributed by atoms with Crippen molar-refractivity contribution in [1.82, 2.24) is 4.31 Å². The number of halogens is 2. The highest BCUT2D eigenvalue weighted by atomic mass is 32.2. The minimum atomic E-state index is -3.92. The lowest BCUT2D eigenvalue weighted by atomic mass is 10.2. The molecule has 0 aromatic heterocycles. The second-order valence-corrected chi connectivity index (χ2v) is 9.34.